The van der Waals surface area contributed by atoms with E-state index in [0.717, 1.165) is 67.5 Å². The molecule has 0 spiro atoms. The zero-order chi connectivity index (χ0) is 24.8. The molecule has 0 aliphatic heterocycles. The third kappa shape index (κ3) is 6.30. The zero-order valence-corrected chi connectivity index (χ0v) is 20.8. The van der Waals surface area contributed by atoms with Gasteiger partial charge in [0.1, 0.15) is 18.1 Å². The molecule has 0 bridgehead atoms. The lowest BCUT2D eigenvalue weighted by atomic mass is 9.82. The normalized spacial score (nSPS) is 18.0. The molecule has 4 rings (SSSR count). The van der Waals surface area contributed by atoms with Crippen LogP contribution in [0, 0.1) is 17.7 Å². The number of hydrogen-bond acceptors (Lipinski definition) is 3. The van der Waals surface area contributed by atoms with E-state index in [2.05, 4.69) is 23.7 Å². The summed E-state index contributed by atoms with van der Waals surface area (Å²) in [5.41, 5.74) is 4.82. The number of carbonyl (C=O) groups is 1. The molecule has 1 fully saturated rings. The van der Waals surface area contributed by atoms with Crippen LogP contribution in [-0.4, -0.2) is 34.1 Å². The molecular weight excluding hydrogens is 467 g/mol. The van der Waals surface area contributed by atoms with Gasteiger partial charge in [0.05, 0.1) is 11.6 Å². The van der Waals surface area contributed by atoms with Crippen LogP contribution in [0.15, 0.2) is 48.5 Å². The van der Waals surface area contributed by atoms with Gasteiger partial charge in [-0.25, -0.2) is 9.18 Å². The fourth-order valence-corrected chi connectivity index (χ4v) is 5.15. The van der Waals surface area contributed by atoms with Gasteiger partial charge in [0, 0.05) is 23.4 Å². The Bertz CT molecular complexity index is 1140. The minimum atomic E-state index is -0.925. The monoisotopic (exact) mass is 498 g/mol. The molecule has 1 N–H and O–H groups in total. The number of benzene rings is 2. The molecule has 0 radical (unpaired) electrons. The SMILES string of the molecule is CCCc1c(-c2ccccc2)c(-c2ccc(Cl)c(F)c2)nn1CC1CCC(COCC(=O)O)CC1. The van der Waals surface area contributed by atoms with Gasteiger partial charge in [-0.1, -0.05) is 61.3 Å². The van der Waals surface area contributed by atoms with E-state index in [0.29, 0.717) is 18.4 Å². The number of aromatic nitrogens is 2. The van der Waals surface area contributed by atoms with Crippen LogP contribution in [0.25, 0.3) is 22.4 Å². The van der Waals surface area contributed by atoms with Crippen LogP contribution in [0.3, 0.4) is 0 Å². The Kier molecular flexibility index (Phi) is 8.58. The first kappa shape index (κ1) is 25.4. The number of carboxylic acid groups (broad SMARTS) is 1. The Morgan fingerprint density at radius 1 is 1.11 bits per heavy atom. The van der Waals surface area contributed by atoms with Crippen molar-refractivity contribution in [2.75, 3.05) is 13.2 Å². The first-order chi connectivity index (χ1) is 17.0. The van der Waals surface area contributed by atoms with E-state index in [1.54, 1.807) is 6.07 Å². The maximum atomic E-state index is 14.4. The van der Waals surface area contributed by atoms with Crippen molar-refractivity contribution in [2.24, 2.45) is 11.8 Å². The van der Waals surface area contributed by atoms with Gasteiger partial charge in [-0.2, -0.15) is 5.10 Å². The van der Waals surface area contributed by atoms with Crippen molar-refractivity contribution in [1.82, 2.24) is 9.78 Å². The highest BCUT2D eigenvalue weighted by Gasteiger charge is 2.26. The van der Waals surface area contributed by atoms with E-state index in [-0.39, 0.29) is 11.6 Å². The summed E-state index contributed by atoms with van der Waals surface area (Å²) in [6.07, 6.45) is 6.01. The van der Waals surface area contributed by atoms with E-state index >= 15 is 0 Å². The predicted molar refractivity (Wildman–Crippen MR) is 136 cm³/mol. The molecule has 1 aliphatic carbocycles. The molecule has 2 aromatic carbocycles. The highest BCUT2D eigenvalue weighted by molar-refractivity contribution is 6.30. The third-order valence-electron chi connectivity index (χ3n) is 6.78. The van der Waals surface area contributed by atoms with Crippen LogP contribution in [0.4, 0.5) is 4.39 Å². The van der Waals surface area contributed by atoms with Crippen LogP contribution >= 0.6 is 11.6 Å². The summed E-state index contributed by atoms with van der Waals surface area (Å²) in [7, 11) is 0. The lowest BCUT2D eigenvalue weighted by molar-refractivity contribution is -0.142. The summed E-state index contributed by atoms with van der Waals surface area (Å²) < 4.78 is 21.8. The van der Waals surface area contributed by atoms with Gasteiger partial charge in [0.2, 0.25) is 0 Å². The van der Waals surface area contributed by atoms with Crippen molar-refractivity contribution in [3.05, 3.63) is 65.1 Å². The zero-order valence-electron chi connectivity index (χ0n) is 20.1. The molecule has 0 unspecified atom stereocenters. The smallest absolute Gasteiger partial charge is 0.329 e. The van der Waals surface area contributed by atoms with Crippen LogP contribution in [0.5, 0.6) is 0 Å². The molecule has 5 nitrogen and oxygen atoms in total. The van der Waals surface area contributed by atoms with Gasteiger partial charge >= 0.3 is 5.97 Å². The molecule has 1 aromatic heterocycles. The highest BCUT2D eigenvalue weighted by atomic mass is 35.5. The summed E-state index contributed by atoms with van der Waals surface area (Å²) >= 11 is 5.96. The Balaban J connectivity index is 1.61. The molecule has 0 atom stereocenters. The summed E-state index contributed by atoms with van der Waals surface area (Å²) in [5, 5.41) is 13.9. The number of rotatable bonds is 10. The van der Waals surface area contributed by atoms with Crippen molar-refractivity contribution < 1.29 is 19.0 Å². The summed E-state index contributed by atoms with van der Waals surface area (Å²) in [5.74, 6) is -0.477. The van der Waals surface area contributed by atoms with Crippen LogP contribution in [0.1, 0.15) is 44.7 Å². The Morgan fingerprint density at radius 3 is 2.49 bits per heavy atom. The van der Waals surface area contributed by atoms with Gasteiger partial charge in [0.25, 0.3) is 0 Å². The standard InChI is InChI=1S/C28H32ClFN2O3/c1-2-6-25-27(21-7-4-3-5-8-21)28(22-13-14-23(29)24(30)15-22)31-32(25)16-19-9-11-20(12-10-19)17-35-18-26(33)34/h3-5,7-8,13-15,19-20H,2,6,9-12,16-18H2,1H3,(H,33,34). The fourth-order valence-electron chi connectivity index (χ4n) is 5.03. The summed E-state index contributed by atoms with van der Waals surface area (Å²) in [4.78, 5) is 10.7. The van der Waals surface area contributed by atoms with Gasteiger partial charge in [0.15, 0.2) is 0 Å². The van der Waals surface area contributed by atoms with Crippen molar-refractivity contribution in [3.8, 4) is 22.4 Å². The average molecular weight is 499 g/mol. The molecule has 35 heavy (non-hydrogen) atoms. The molecule has 1 aliphatic rings. The second-order valence-electron chi connectivity index (χ2n) is 9.39. The number of halogens is 2. The maximum Gasteiger partial charge on any atom is 0.329 e. The minimum absolute atomic E-state index is 0.104. The molecule has 1 saturated carbocycles. The van der Waals surface area contributed by atoms with Gasteiger partial charge in [-0.15, -0.1) is 0 Å². The second-order valence-corrected chi connectivity index (χ2v) is 9.80. The second kappa shape index (κ2) is 11.8. The van der Waals surface area contributed by atoms with Gasteiger partial charge < -0.3 is 9.84 Å². The summed E-state index contributed by atoms with van der Waals surface area (Å²) in [6.45, 7) is 3.25. The molecule has 186 valence electrons. The first-order valence-electron chi connectivity index (χ1n) is 12.4. The van der Waals surface area contributed by atoms with E-state index < -0.39 is 11.8 Å². The minimum Gasteiger partial charge on any atom is -0.480 e. The van der Waals surface area contributed by atoms with E-state index in [4.69, 9.17) is 26.5 Å². The van der Waals surface area contributed by atoms with E-state index in [1.807, 2.05) is 24.3 Å². The molecule has 0 saturated heterocycles. The van der Waals surface area contributed by atoms with Crippen molar-refractivity contribution in [3.63, 3.8) is 0 Å². The van der Waals surface area contributed by atoms with E-state index in [9.17, 15) is 9.18 Å². The number of hydrogen-bond donors (Lipinski definition) is 1. The van der Waals surface area contributed by atoms with E-state index in [1.165, 1.54) is 11.8 Å². The van der Waals surface area contributed by atoms with Crippen molar-refractivity contribution >= 4 is 17.6 Å². The highest BCUT2D eigenvalue weighted by Crippen LogP contribution is 2.38. The fraction of sp³-hybridized carbons (Fsp3) is 0.429. The number of aliphatic carboxylic acids is 1. The molecular formula is C28H32ClFN2O3. The lowest BCUT2D eigenvalue weighted by Crippen LogP contribution is -2.23. The molecule has 1 heterocycles. The Hall–Kier alpha value is -2.70. The quantitative estimate of drug-likeness (QED) is 0.331. The Labute approximate surface area is 210 Å². The van der Waals surface area contributed by atoms with Gasteiger partial charge in [-0.05, 0) is 61.6 Å². The largest absolute Gasteiger partial charge is 0.480 e. The third-order valence-corrected chi connectivity index (χ3v) is 7.08. The molecule has 3 aromatic rings. The van der Waals surface area contributed by atoms with Crippen molar-refractivity contribution in [1.29, 1.82) is 0 Å². The Morgan fingerprint density at radius 2 is 1.83 bits per heavy atom. The molecule has 7 heteroatoms. The van der Waals surface area contributed by atoms with Crippen LogP contribution in [-0.2, 0) is 22.5 Å². The van der Waals surface area contributed by atoms with Crippen molar-refractivity contribution in [2.45, 2.75) is 52.0 Å². The van der Waals surface area contributed by atoms with Gasteiger partial charge in [-0.3, -0.25) is 4.68 Å². The lowest BCUT2D eigenvalue weighted by Gasteiger charge is -2.28. The predicted octanol–water partition coefficient (Wildman–Crippen LogP) is 6.87. The van der Waals surface area contributed by atoms with Crippen LogP contribution < -0.4 is 0 Å². The topological polar surface area (TPSA) is 64.4 Å². The maximum absolute atomic E-state index is 14.4. The number of nitrogens with zero attached hydrogens (tertiary/aromatic N) is 2. The first-order valence-corrected chi connectivity index (χ1v) is 12.7. The molecule has 0 amide bonds. The van der Waals surface area contributed by atoms with Crippen LogP contribution in [0.2, 0.25) is 5.02 Å². The summed E-state index contributed by atoms with van der Waals surface area (Å²) in [6, 6.07) is 15.1. The number of ether oxygens (including phenoxy) is 1. The average Bonchev–Trinajstić information content (AvgIpc) is 3.20. The number of carboxylic acids is 1.